The zero-order valence-corrected chi connectivity index (χ0v) is 13.5. The van der Waals surface area contributed by atoms with Gasteiger partial charge < -0.3 is 15.1 Å². The summed E-state index contributed by atoms with van der Waals surface area (Å²) in [6.45, 7) is 10.5. The Morgan fingerprint density at radius 2 is 2.10 bits per heavy atom. The first kappa shape index (κ1) is 15.6. The van der Waals surface area contributed by atoms with Crippen molar-refractivity contribution in [1.29, 1.82) is 0 Å². The van der Waals surface area contributed by atoms with Gasteiger partial charge in [-0.3, -0.25) is 9.59 Å². The summed E-state index contributed by atoms with van der Waals surface area (Å²) in [7, 11) is 0. The maximum Gasteiger partial charge on any atom is 0.246 e. The normalized spacial score (nSPS) is 27.9. The van der Waals surface area contributed by atoms with Crippen LogP contribution in [0.25, 0.3) is 0 Å². The van der Waals surface area contributed by atoms with Gasteiger partial charge in [-0.2, -0.15) is 0 Å². The zero-order valence-electron chi connectivity index (χ0n) is 12.6. The summed E-state index contributed by atoms with van der Waals surface area (Å²) in [6.07, 6.45) is 1.01. The van der Waals surface area contributed by atoms with E-state index in [-0.39, 0.29) is 17.9 Å². The van der Waals surface area contributed by atoms with Crippen molar-refractivity contribution in [1.82, 2.24) is 15.1 Å². The van der Waals surface area contributed by atoms with Gasteiger partial charge in [-0.15, -0.1) is 11.8 Å². The van der Waals surface area contributed by atoms with E-state index in [0.717, 1.165) is 39.1 Å². The topological polar surface area (TPSA) is 52.7 Å². The lowest BCUT2D eigenvalue weighted by atomic mass is 10.1. The Hall–Kier alpha value is -0.750. The molecule has 20 heavy (non-hydrogen) atoms. The maximum atomic E-state index is 12.5. The molecule has 0 saturated carbocycles. The van der Waals surface area contributed by atoms with Gasteiger partial charge in [-0.05, 0) is 33.4 Å². The molecule has 2 saturated heterocycles. The van der Waals surface area contributed by atoms with Crippen LogP contribution in [-0.4, -0.2) is 70.9 Å². The minimum absolute atomic E-state index is 0.0305. The van der Waals surface area contributed by atoms with Crippen LogP contribution in [0.5, 0.6) is 0 Å². The van der Waals surface area contributed by atoms with Gasteiger partial charge in [0, 0.05) is 25.4 Å². The zero-order chi connectivity index (χ0) is 14.8. The maximum absolute atomic E-state index is 12.5. The van der Waals surface area contributed by atoms with E-state index in [1.807, 2.05) is 18.7 Å². The molecular formula is C14H25N3O2S. The highest BCUT2D eigenvalue weighted by atomic mass is 32.2. The third-order valence-corrected chi connectivity index (χ3v) is 5.52. The van der Waals surface area contributed by atoms with Gasteiger partial charge >= 0.3 is 0 Å². The quantitative estimate of drug-likeness (QED) is 0.809. The highest BCUT2D eigenvalue weighted by Crippen LogP contribution is 2.29. The van der Waals surface area contributed by atoms with Crippen LogP contribution >= 0.6 is 11.8 Å². The molecule has 114 valence electrons. The minimum atomic E-state index is -0.422. The van der Waals surface area contributed by atoms with Crippen LogP contribution in [0.15, 0.2) is 0 Å². The SMILES string of the molecule is CCN1CCCN(C(=O)[C@H]2CSC(C)(C)C(=O)N2)CC1. The second-order valence-electron chi connectivity index (χ2n) is 5.96. The van der Waals surface area contributed by atoms with E-state index in [9.17, 15) is 9.59 Å². The van der Waals surface area contributed by atoms with Crippen molar-refractivity contribution < 1.29 is 9.59 Å². The van der Waals surface area contributed by atoms with E-state index < -0.39 is 4.75 Å². The lowest BCUT2D eigenvalue weighted by Crippen LogP contribution is -2.58. The lowest BCUT2D eigenvalue weighted by Gasteiger charge is -2.35. The molecule has 2 aliphatic rings. The minimum Gasteiger partial charge on any atom is -0.342 e. The van der Waals surface area contributed by atoms with Crippen LogP contribution in [0.1, 0.15) is 27.2 Å². The fraction of sp³-hybridized carbons (Fsp3) is 0.857. The Bertz CT molecular complexity index is 387. The summed E-state index contributed by atoms with van der Waals surface area (Å²) < 4.78 is -0.422. The number of rotatable bonds is 2. The highest BCUT2D eigenvalue weighted by Gasteiger charge is 2.39. The van der Waals surface area contributed by atoms with Crippen LogP contribution < -0.4 is 5.32 Å². The monoisotopic (exact) mass is 299 g/mol. The van der Waals surface area contributed by atoms with Gasteiger partial charge in [0.05, 0.1) is 4.75 Å². The number of carbonyl (C=O) groups excluding carboxylic acids is 2. The van der Waals surface area contributed by atoms with E-state index in [1.165, 1.54) is 0 Å². The first-order valence-corrected chi connectivity index (χ1v) is 8.38. The largest absolute Gasteiger partial charge is 0.342 e. The number of likely N-dealkylation sites (N-methyl/N-ethyl adjacent to an activating group) is 1. The molecule has 0 spiro atoms. The molecule has 0 unspecified atom stereocenters. The Balaban J connectivity index is 1.93. The van der Waals surface area contributed by atoms with Crippen molar-refractivity contribution in [3.05, 3.63) is 0 Å². The number of carbonyl (C=O) groups is 2. The smallest absolute Gasteiger partial charge is 0.246 e. The summed E-state index contributed by atoms with van der Waals surface area (Å²) >= 11 is 1.57. The molecule has 0 radical (unpaired) electrons. The third-order valence-electron chi connectivity index (χ3n) is 4.11. The highest BCUT2D eigenvalue weighted by molar-refractivity contribution is 8.01. The Kier molecular flexibility index (Phi) is 4.96. The van der Waals surface area contributed by atoms with Crippen molar-refractivity contribution in [3.63, 3.8) is 0 Å². The van der Waals surface area contributed by atoms with Crippen LogP contribution in [0.2, 0.25) is 0 Å². The van der Waals surface area contributed by atoms with Crippen LogP contribution in [0, 0.1) is 0 Å². The molecule has 6 heteroatoms. The molecule has 2 aliphatic heterocycles. The van der Waals surface area contributed by atoms with E-state index in [0.29, 0.717) is 5.75 Å². The van der Waals surface area contributed by atoms with E-state index in [2.05, 4.69) is 17.1 Å². The number of hydrogen-bond donors (Lipinski definition) is 1. The third kappa shape index (κ3) is 3.47. The lowest BCUT2D eigenvalue weighted by molar-refractivity contribution is -0.136. The van der Waals surface area contributed by atoms with Crippen LogP contribution in [-0.2, 0) is 9.59 Å². The molecule has 5 nitrogen and oxygen atoms in total. The van der Waals surface area contributed by atoms with Crippen molar-refractivity contribution in [2.75, 3.05) is 38.5 Å². The van der Waals surface area contributed by atoms with Crippen molar-refractivity contribution in [2.45, 2.75) is 38.0 Å². The summed E-state index contributed by atoms with van der Waals surface area (Å²) in [6, 6.07) is -0.353. The molecule has 0 aromatic heterocycles. The fourth-order valence-corrected chi connectivity index (χ4v) is 3.59. The van der Waals surface area contributed by atoms with E-state index in [1.54, 1.807) is 11.8 Å². The Morgan fingerprint density at radius 3 is 2.75 bits per heavy atom. The number of hydrogen-bond acceptors (Lipinski definition) is 4. The van der Waals surface area contributed by atoms with Crippen molar-refractivity contribution in [2.24, 2.45) is 0 Å². The van der Waals surface area contributed by atoms with Gasteiger partial charge in [-0.25, -0.2) is 0 Å². The molecule has 2 fully saturated rings. The molecule has 0 aromatic carbocycles. The molecule has 0 aromatic rings. The predicted molar refractivity (Wildman–Crippen MR) is 81.8 cm³/mol. The second kappa shape index (κ2) is 6.35. The molecule has 2 amide bonds. The first-order chi connectivity index (χ1) is 9.44. The molecule has 1 atom stereocenters. The van der Waals surface area contributed by atoms with Gasteiger partial charge in [0.2, 0.25) is 11.8 Å². The number of nitrogens with one attached hydrogen (secondary N) is 1. The molecule has 1 N–H and O–H groups in total. The van der Waals surface area contributed by atoms with Gasteiger partial charge in [0.15, 0.2) is 0 Å². The average molecular weight is 299 g/mol. The number of amides is 2. The molecule has 2 rings (SSSR count). The van der Waals surface area contributed by atoms with Crippen LogP contribution in [0.4, 0.5) is 0 Å². The Labute approximate surface area is 125 Å². The summed E-state index contributed by atoms with van der Waals surface area (Å²) in [5.74, 6) is 0.724. The standard InChI is InChI=1S/C14H25N3O2S/c1-4-16-6-5-7-17(9-8-16)12(18)11-10-20-14(2,3)13(19)15-11/h11H,4-10H2,1-3H3,(H,15,19)/t11-/m1/s1. The number of nitrogens with zero attached hydrogens (tertiary/aromatic N) is 2. The van der Waals surface area contributed by atoms with E-state index >= 15 is 0 Å². The molecule has 2 heterocycles. The van der Waals surface area contributed by atoms with Crippen molar-refractivity contribution in [3.8, 4) is 0 Å². The van der Waals surface area contributed by atoms with Gasteiger partial charge in [0.1, 0.15) is 6.04 Å². The van der Waals surface area contributed by atoms with E-state index in [4.69, 9.17) is 0 Å². The summed E-state index contributed by atoms with van der Waals surface area (Å²) in [4.78, 5) is 28.8. The van der Waals surface area contributed by atoms with Gasteiger partial charge in [-0.1, -0.05) is 6.92 Å². The predicted octanol–water partition coefficient (Wildman–Crippen LogP) is 0.551. The summed E-state index contributed by atoms with van der Waals surface area (Å²) in [5.41, 5.74) is 0. The molecule has 0 bridgehead atoms. The fourth-order valence-electron chi connectivity index (χ4n) is 2.59. The molecule has 0 aliphatic carbocycles. The average Bonchev–Trinajstić information content (AvgIpc) is 2.66. The Morgan fingerprint density at radius 1 is 1.35 bits per heavy atom. The van der Waals surface area contributed by atoms with Gasteiger partial charge in [0.25, 0.3) is 0 Å². The first-order valence-electron chi connectivity index (χ1n) is 7.40. The number of thioether (sulfide) groups is 1. The second-order valence-corrected chi connectivity index (χ2v) is 7.60. The molecular weight excluding hydrogens is 274 g/mol. The van der Waals surface area contributed by atoms with Crippen LogP contribution in [0.3, 0.4) is 0 Å². The van der Waals surface area contributed by atoms with Crippen molar-refractivity contribution >= 4 is 23.6 Å². The summed E-state index contributed by atoms with van der Waals surface area (Å²) in [5, 5.41) is 2.88.